The normalized spacial score (nSPS) is 19.8. The first kappa shape index (κ1) is 23.4. The van der Waals surface area contributed by atoms with Crippen LogP contribution in [0.15, 0.2) is 35.3 Å². The van der Waals surface area contributed by atoms with Crippen LogP contribution in [0.25, 0.3) is 0 Å². The number of aromatic amines is 1. The highest BCUT2D eigenvalue weighted by Crippen LogP contribution is 2.32. The number of nitrogens with one attached hydrogen (secondary N) is 3. The van der Waals surface area contributed by atoms with Crippen molar-refractivity contribution in [2.75, 3.05) is 19.4 Å². The maximum Gasteiger partial charge on any atom is 0.252 e. The third-order valence-electron chi connectivity index (χ3n) is 6.52. The Balaban J connectivity index is 1.68. The van der Waals surface area contributed by atoms with Crippen molar-refractivity contribution in [1.82, 2.24) is 15.2 Å². The standard InChI is InChI=1S/C24H33ClN4O2/c1-15-21(24(31)27-14-18-6-5-11-26-23(18)30)12-19(25)13-22(15)28-16(2)17-7-9-20(10-8-17)29(3)4/h5-6,11-13,16-17,20,28H,7-10,14H2,1-4H3,(H,26,30)(H,27,31)/t16?,17-,20-. The van der Waals surface area contributed by atoms with Crippen LogP contribution in [0.4, 0.5) is 5.69 Å². The quantitative estimate of drug-likeness (QED) is 0.598. The number of amides is 1. The van der Waals surface area contributed by atoms with Gasteiger partial charge in [0.25, 0.3) is 11.5 Å². The molecule has 7 heteroatoms. The molecule has 2 aromatic rings. The minimum absolute atomic E-state index is 0.162. The largest absolute Gasteiger partial charge is 0.382 e. The number of halogens is 1. The molecule has 0 saturated heterocycles. The summed E-state index contributed by atoms with van der Waals surface area (Å²) in [6.45, 7) is 4.30. The summed E-state index contributed by atoms with van der Waals surface area (Å²) in [5, 5.41) is 6.96. The maximum atomic E-state index is 12.8. The van der Waals surface area contributed by atoms with E-state index < -0.39 is 0 Å². The predicted octanol–water partition coefficient (Wildman–Crippen LogP) is 4.19. The number of pyridine rings is 1. The summed E-state index contributed by atoms with van der Waals surface area (Å²) in [6.07, 6.45) is 6.38. The van der Waals surface area contributed by atoms with E-state index in [4.69, 9.17) is 11.6 Å². The van der Waals surface area contributed by atoms with E-state index in [1.54, 1.807) is 24.4 Å². The van der Waals surface area contributed by atoms with Gasteiger partial charge in [0.05, 0.1) is 0 Å². The lowest BCUT2D eigenvalue weighted by atomic mass is 9.81. The van der Waals surface area contributed by atoms with Crippen molar-refractivity contribution in [1.29, 1.82) is 0 Å². The first-order valence-corrected chi connectivity index (χ1v) is 11.3. The molecule has 1 atom stereocenters. The maximum absolute atomic E-state index is 12.8. The lowest BCUT2D eigenvalue weighted by molar-refractivity contribution is 0.0950. The van der Waals surface area contributed by atoms with E-state index >= 15 is 0 Å². The fourth-order valence-electron chi connectivity index (χ4n) is 4.41. The molecule has 3 N–H and O–H groups in total. The van der Waals surface area contributed by atoms with Crippen molar-refractivity contribution < 1.29 is 4.79 Å². The number of anilines is 1. The van der Waals surface area contributed by atoms with Crippen molar-refractivity contribution in [3.05, 3.63) is 62.5 Å². The fourth-order valence-corrected chi connectivity index (χ4v) is 4.63. The number of aromatic nitrogens is 1. The van der Waals surface area contributed by atoms with Gasteiger partial charge < -0.3 is 20.5 Å². The topological polar surface area (TPSA) is 77.2 Å². The van der Waals surface area contributed by atoms with Gasteiger partial charge in [-0.3, -0.25) is 9.59 Å². The molecule has 0 radical (unpaired) electrons. The molecule has 1 amide bonds. The Morgan fingerprint density at radius 1 is 1.26 bits per heavy atom. The summed E-state index contributed by atoms with van der Waals surface area (Å²) in [7, 11) is 4.31. The van der Waals surface area contributed by atoms with Crippen LogP contribution in [0, 0.1) is 12.8 Å². The van der Waals surface area contributed by atoms with E-state index in [1.165, 1.54) is 25.7 Å². The van der Waals surface area contributed by atoms with Gasteiger partial charge in [-0.25, -0.2) is 0 Å². The second-order valence-corrected chi connectivity index (χ2v) is 9.23. The van der Waals surface area contributed by atoms with Gasteiger partial charge in [-0.2, -0.15) is 0 Å². The summed E-state index contributed by atoms with van der Waals surface area (Å²) in [4.78, 5) is 29.6. The first-order valence-electron chi connectivity index (χ1n) is 10.9. The third-order valence-corrected chi connectivity index (χ3v) is 6.74. The number of rotatable bonds is 7. The van der Waals surface area contributed by atoms with Crippen molar-refractivity contribution in [2.45, 2.75) is 58.2 Å². The molecule has 1 fully saturated rings. The fraction of sp³-hybridized carbons (Fsp3) is 0.500. The molecule has 1 unspecified atom stereocenters. The van der Waals surface area contributed by atoms with E-state index in [-0.39, 0.29) is 18.0 Å². The Kier molecular flexibility index (Phi) is 7.79. The number of carbonyl (C=O) groups excluding carboxylic acids is 1. The average molecular weight is 445 g/mol. The minimum atomic E-state index is -0.245. The summed E-state index contributed by atoms with van der Waals surface area (Å²) in [5.41, 5.74) is 2.57. The summed E-state index contributed by atoms with van der Waals surface area (Å²) >= 11 is 6.35. The van der Waals surface area contributed by atoms with Crippen LogP contribution in [0.2, 0.25) is 5.02 Å². The molecule has 1 heterocycles. The lowest BCUT2D eigenvalue weighted by Gasteiger charge is -2.36. The SMILES string of the molecule is Cc1c(NC(C)[C@H]2CC[C@H](N(C)C)CC2)cc(Cl)cc1C(=O)NCc1ccc[nH]c1=O. The van der Waals surface area contributed by atoms with E-state index in [0.29, 0.717) is 34.2 Å². The smallest absolute Gasteiger partial charge is 0.252 e. The number of H-pyrrole nitrogens is 1. The molecular weight excluding hydrogens is 412 g/mol. The van der Waals surface area contributed by atoms with Gasteiger partial charge in [-0.1, -0.05) is 17.7 Å². The molecule has 0 aliphatic heterocycles. The third kappa shape index (κ3) is 5.89. The Labute approximate surface area is 189 Å². The minimum Gasteiger partial charge on any atom is -0.382 e. The molecule has 1 saturated carbocycles. The Bertz CT molecular complexity index is 964. The predicted molar refractivity (Wildman–Crippen MR) is 127 cm³/mol. The van der Waals surface area contributed by atoms with Gasteiger partial charge in [0.15, 0.2) is 0 Å². The van der Waals surface area contributed by atoms with Gasteiger partial charge in [0.1, 0.15) is 0 Å². The van der Waals surface area contributed by atoms with E-state index in [2.05, 4.69) is 41.5 Å². The number of hydrogen-bond acceptors (Lipinski definition) is 4. The number of carbonyl (C=O) groups is 1. The summed E-state index contributed by atoms with van der Waals surface area (Å²) < 4.78 is 0. The van der Waals surface area contributed by atoms with Crippen LogP contribution in [0.5, 0.6) is 0 Å². The van der Waals surface area contributed by atoms with Gasteiger partial charge in [0, 0.05) is 46.7 Å². The Morgan fingerprint density at radius 2 is 1.97 bits per heavy atom. The monoisotopic (exact) mass is 444 g/mol. The van der Waals surface area contributed by atoms with Crippen molar-refractivity contribution >= 4 is 23.2 Å². The molecule has 1 aromatic carbocycles. The second-order valence-electron chi connectivity index (χ2n) is 8.80. The Morgan fingerprint density at radius 3 is 2.61 bits per heavy atom. The molecule has 31 heavy (non-hydrogen) atoms. The molecular formula is C24H33ClN4O2. The summed E-state index contributed by atoms with van der Waals surface area (Å²) in [5.74, 6) is 0.349. The molecule has 0 spiro atoms. The first-order chi connectivity index (χ1) is 14.8. The van der Waals surface area contributed by atoms with Crippen LogP contribution in [-0.2, 0) is 6.54 Å². The Hall–Kier alpha value is -2.31. The molecule has 1 aliphatic carbocycles. The number of nitrogens with zero attached hydrogens (tertiary/aromatic N) is 1. The van der Waals surface area contributed by atoms with Gasteiger partial charge in [-0.15, -0.1) is 0 Å². The van der Waals surface area contributed by atoms with Crippen LogP contribution >= 0.6 is 11.6 Å². The van der Waals surface area contributed by atoms with Crippen LogP contribution < -0.4 is 16.2 Å². The van der Waals surface area contributed by atoms with Gasteiger partial charge in [0.2, 0.25) is 0 Å². The highest BCUT2D eigenvalue weighted by Gasteiger charge is 2.26. The zero-order chi connectivity index (χ0) is 22.5. The van der Waals surface area contributed by atoms with E-state index in [0.717, 1.165) is 11.3 Å². The van der Waals surface area contributed by atoms with Crippen LogP contribution in [0.3, 0.4) is 0 Å². The van der Waals surface area contributed by atoms with Gasteiger partial charge >= 0.3 is 0 Å². The molecule has 6 nitrogen and oxygen atoms in total. The van der Waals surface area contributed by atoms with Crippen molar-refractivity contribution in [2.24, 2.45) is 5.92 Å². The molecule has 0 bridgehead atoms. The highest BCUT2D eigenvalue weighted by atomic mass is 35.5. The second kappa shape index (κ2) is 10.3. The molecule has 3 rings (SSSR count). The van der Waals surface area contributed by atoms with Gasteiger partial charge in [-0.05, 0) is 83.3 Å². The van der Waals surface area contributed by atoms with Crippen molar-refractivity contribution in [3.8, 4) is 0 Å². The lowest BCUT2D eigenvalue weighted by Crippen LogP contribution is -2.36. The van der Waals surface area contributed by atoms with E-state index in [1.807, 2.05) is 13.0 Å². The van der Waals surface area contributed by atoms with Crippen LogP contribution in [0.1, 0.15) is 54.1 Å². The molecule has 1 aromatic heterocycles. The van der Waals surface area contributed by atoms with E-state index in [9.17, 15) is 9.59 Å². The molecule has 168 valence electrons. The zero-order valence-electron chi connectivity index (χ0n) is 18.8. The zero-order valence-corrected chi connectivity index (χ0v) is 19.6. The number of hydrogen-bond donors (Lipinski definition) is 3. The average Bonchev–Trinajstić information content (AvgIpc) is 2.75. The van der Waals surface area contributed by atoms with Crippen LogP contribution in [-0.4, -0.2) is 42.0 Å². The molecule has 1 aliphatic rings. The van der Waals surface area contributed by atoms with Crippen molar-refractivity contribution in [3.63, 3.8) is 0 Å². The number of benzene rings is 1. The highest BCUT2D eigenvalue weighted by molar-refractivity contribution is 6.31. The summed E-state index contributed by atoms with van der Waals surface area (Å²) in [6, 6.07) is 7.96.